The molecule has 1 N–H and O–H groups in total. The Balaban J connectivity index is 2.27. The van der Waals surface area contributed by atoms with Crippen LogP contribution in [0.4, 0.5) is 10.2 Å². The molecule has 0 saturated heterocycles. The molecule has 0 aliphatic carbocycles. The minimum Gasteiger partial charge on any atom is -0.368 e. The molecule has 1 aromatic heterocycles. The summed E-state index contributed by atoms with van der Waals surface area (Å²) in [6, 6.07) is 1.41. The van der Waals surface area contributed by atoms with Crippen LogP contribution < -0.4 is 5.32 Å². The van der Waals surface area contributed by atoms with Gasteiger partial charge in [-0.05, 0) is 55.5 Å². The van der Waals surface area contributed by atoms with Crippen molar-refractivity contribution in [3.05, 3.63) is 22.6 Å². The molecule has 5 heteroatoms. The Hall–Kier alpha value is -0.680. The maximum absolute atomic E-state index is 13.3. The quantitative estimate of drug-likeness (QED) is 0.817. The highest BCUT2D eigenvalue weighted by molar-refractivity contribution is 9.10. The maximum atomic E-state index is 13.3. The Morgan fingerprint density at radius 3 is 2.81 bits per heavy atom. The third kappa shape index (κ3) is 4.90. The number of rotatable bonds is 6. The Morgan fingerprint density at radius 2 is 2.19 bits per heavy atom. The van der Waals surface area contributed by atoms with Crippen LogP contribution in [-0.4, -0.2) is 37.1 Å². The van der Waals surface area contributed by atoms with Crippen LogP contribution in [-0.2, 0) is 0 Å². The van der Waals surface area contributed by atoms with Gasteiger partial charge in [-0.15, -0.1) is 0 Å². The highest BCUT2D eigenvalue weighted by atomic mass is 79.9. The molecule has 1 heterocycles. The molecule has 0 aliphatic rings. The fourth-order valence-electron chi connectivity index (χ4n) is 1.30. The van der Waals surface area contributed by atoms with E-state index in [1.807, 2.05) is 14.1 Å². The standard InChI is InChI=1S/C11H17BrFN3/c1-16(2)6-4-3-5-14-11-10(13)7-9(12)8-15-11/h7-8H,3-6H2,1-2H3,(H,14,15). The lowest BCUT2D eigenvalue weighted by Gasteiger charge is -2.10. The van der Waals surface area contributed by atoms with E-state index in [0.717, 1.165) is 25.9 Å². The molecule has 1 aromatic rings. The molecule has 1 rings (SSSR count). The van der Waals surface area contributed by atoms with Gasteiger partial charge in [-0.3, -0.25) is 0 Å². The average molecular weight is 290 g/mol. The van der Waals surface area contributed by atoms with Crippen molar-refractivity contribution in [3.8, 4) is 0 Å². The summed E-state index contributed by atoms with van der Waals surface area (Å²) in [5.74, 6) is 0.00929. The second-order valence-corrected chi connectivity index (χ2v) is 4.84. The normalized spacial score (nSPS) is 10.8. The maximum Gasteiger partial charge on any atom is 0.166 e. The zero-order valence-electron chi connectivity index (χ0n) is 9.63. The third-order valence-corrected chi connectivity index (χ3v) is 2.57. The molecule has 0 spiro atoms. The molecular weight excluding hydrogens is 273 g/mol. The molecular formula is C11H17BrFN3. The molecule has 0 unspecified atom stereocenters. The number of hydrogen-bond donors (Lipinski definition) is 1. The smallest absolute Gasteiger partial charge is 0.166 e. The van der Waals surface area contributed by atoms with Crippen molar-refractivity contribution in [1.82, 2.24) is 9.88 Å². The lowest BCUT2D eigenvalue weighted by Crippen LogP contribution is -2.14. The Morgan fingerprint density at radius 1 is 1.44 bits per heavy atom. The summed E-state index contributed by atoms with van der Waals surface area (Å²) in [5, 5.41) is 2.99. The van der Waals surface area contributed by atoms with Crippen molar-refractivity contribution in [3.63, 3.8) is 0 Å². The average Bonchev–Trinajstić information content (AvgIpc) is 2.20. The molecule has 0 bridgehead atoms. The summed E-state index contributed by atoms with van der Waals surface area (Å²) in [4.78, 5) is 6.10. The van der Waals surface area contributed by atoms with E-state index in [9.17, 15) is 4.39 Å². The number of nitrogens with one attached hydrogen (secondary N) is 1. The lowest BCUT2D eigenvalue weighted by atomic mass is 10.3. The molecule has 0 saturated carbocycles. The first-order valence-electron chi connectivity index (χ1n) is 5.29. The molecule has 0 atom stereocenters. The van der Waals surface area contributed by atoms with E-state index in [2.05, 4.69) is 31.1 Å². The molecule has 16 heavy (non-hydrogen) atoms. The van der Waals surface area contributed by atoms with Crippen molar-refractivity contribution < 1.29 is 4.39 Å². The van der Waals surface area contributed by atoms with Crippen molar-refractivity contribution in [2.75, 3.05) is 32.5 Å². The van der Waals surface area contributed by atoms with Crippen molar-refractivity contribution in [1.29, 1.82) is 0 Å². The topological polar surface area (TPSA) is 28.2 Å². The highest BCUT2D eigenvalue weighted by Gasteiger charge is 2.02. The van der Waals surface area contributed by atoms with Crippen molar-refractivity contribution in [2.24, 2.45) is 0 Å². The van der Waals surface area contributed by atoms with Crippen LogP contribution in [0.3, 0.4) is 0 Å². The summed E-state index contributed by atoms with van der Waals surface area (Å²) < 4.78 is 14.0. The minimum absolute atomic E-state index is 0.318. The largest absolute Gasteiger partial charge is 0.368 e. The number of unbranched alkanes of at least 4 members (excludes halogenated alkanes) is 1. The van der Waals surface area contributed by atoms with Gasteiger partial charge in [0.25, 0.3) is 0 Å². The van der Waals surface area contributed by atoms with Crippen LogP contribution >= 0.6 is 15.9 Å². The summed E-state index contributed by atoms with van der Waals surface area (Å²) in [6.07, 6.45) is 3.69. The first-order chi connectivity index (χ1) is 7.59. The Kier molecular flexibility index (Phi) is 5.69. The van der Waals surface area contributed by atoms with Crippen LogP contribution in [0.2, 0.25) is 0 Å². The molecule has 0 aromatic carbocycles. The number of hydrogen-bond acceptors (Lipinski definition) is 3. The highest BCUT2D eigenvalue weighted by Crippen LogP contribution is 2.15. The predicted molar refractivity (Wildman–Crippen MR) is 68.2 cm³/mol. The molecule has 0 aliphatic heterocycles. The predicted octanol–water partition coefficient (Wildman–Crippen LogP) is 2.74. The molecule has 90 valence electrons. The van der Waals surface area contributed by atoms with Crippen LogP contribution in [0, 0.1) is 5.82 Å². The number of aromatic nitrogens is 1. The van der Waals surface area contributed by atoms with Gasteiger partial charge in [0, 0.05) is 17.2 Å². The van der Waals surface area contributed by atoms with Gasteiger partial charge >= 0.3 is 0 Å². The fraction of sp³-hybridized carbons (Fsp3) is 0.545. The van der Waals surface area contributed by atoms with Gasteiger partial charge in [0.15, 0.2) is 11.6 Å². The molecule has 3 nitrogen and oxygen atoms in total. The van der Waals surface area contributed by atoms with E-state index >= 15 is 0 Å². The first kappa shape index (κ1) is 13.4. The summed E-state index contributed by atoms with van der Waals surface area (Å²) in [5.41, 5.74) is 0. The van der Waals surface area contributed by atoms with Crippen molar-refractivity contribution >= 4 is 21.7 Å². The monoisotopic (exact) mass is 289 g/mol. The van der Waals surface area contributed by atoms with E-state index in [-0.39, 0.29) is 5.82 Å². The van der Waals surface area contributed by atoms with Gasteiger partial charge < -0.3 is 10.2 Å². The van der Waals surface area contributed by atoms with Gasteiger partial charge in [0.05, 0.1) is 0 Å². The van der Waals surface area contributed by atoms with Crippen LogP contribution in [0.1, 0.15) is 12.8 Å². The van der Waals surface area contributed by atoms with Gasteiger partial charge in [0.1, 0.15) is 0 Å². The van der Waals surface area contributed by atoms with Crippen LogP contribution in [0.5, 0.6) is 0 Å². The van der Waals surface area contributed by atoms with E-state index in [1.54, 1.807) is 6.20 Å². The van der Waals surface area contributed by atoms with Crippen LogP contribution in [0.25, 0.3) is 0 Å². The fourth-order valence-corrected chi connectivity index (χ4v) is 1.61. The van der Waals surface area contributed by atoms with Gasteiger partial charge in [0.2, 0.25) is 0 Å². The zero-order chi connectivity index (χ0) is 12.0. The van der Waals surface area contributed by atoms with Gasteiger partial charge in [-0.2, -0.15) is 0 Å². The Labute approximate surface area is 104 Å². The number of pyridine rings is 1. The summed E-state index contributed by atoms with van der Waals surface area (Å²) in [7, 11) is 4.09. The lowest BCUT2D eigenvalue weighted by molar-refractivity contribution is 0.396. The SMILES string of the molecule is CN(C)CCCCNc1ncc(Br)cc1F. The number of anilines is 1. The Bertz CT molecular complexity index is 331. The van der Waals surface area contributed by atoms with E-state index in [1.165, 1.54) is 6.07 Å². The zero-order valence-corrected chi connectivity index (χ0v) is 11.2. The van der Waals surface area contributed by atoms with E-state index < -0.39 is 0 Å². The van der Waals surface area contributed by atoms with Gasteiger partial charge in [-0.25, -0.2) is 9.37 Å². The molecule has 0 fully saturated rings. The van der Waals surface area contributed by atoms with E-state index in [4.69, 9.17) is 0 Å². The number of halogens is 2. The van der Waals surface area contributed by atoms with Crippen molar-refractivity contribution in [2.45, 2.75) is 12.8 Å². The van der Waals surface area contributed by atoms with Crippen LogP contribution in [0.15, 0.2) is 16.7 Å². The second-order valence-electron chi connectivity index (χ2n) is 3.92. The first-order valence-corrected chi connectivity index (χ1v) is 6.08. The molecule has 0 radical (unpaired) electrons. The summed E-state index contributed by atoms with van der Waals surface area (Å²) in [6.45, 7) is 1.80. The third-order valence-electron chi connectivity index (χ3n) is 2.13. The molecule has 0 amide bonds. The van der Waals surface area contributed by atoms with E-state index in [0.29, 0.717) is 10.3 Å². The second kappa shape index (κ2) is 6.81. The summed E-state index contributed by atoms with van der Waals surface area (Å²) >= 11 is 3.17. The number of nitrogens with zero attached hydrogens (tertiary/aromatic N) is 2. The van der Waals surface area contributed by atoms with Gasteiger partial charge in [-0.1, -0.05) is 0 Å². The minimum atomic E-state index is -0.318.